The van der Waals surface area contributed by atoms with Crippen LogP contribution in [0.3, 0.4) is 0 Å². The Kier molecular flexibility index (Phi) is 4.23. The van der Waals surface area contributed by atoms with Gasteiger partial charge in [0.15, 0.2) is 11.5 Å². The third-order valence-corrected chi connectivity index (χ3v) is 2.66. The second-order valence-corrected chi connectivity index (χ2v) is 4.35. The number of aliphatic hydroxyl groups is 2. The third kappa shape index (κ3) is 3.91. The van der Waals surface area contributed by atoms with Crippen molar-refractivity contribution in [1.82, 2.24) is 0 Å². The van der Waals surface area contributed by atoms with Gasteiger partial charge in [0.25, 0.3) is 0 Å². The first-order valence-corrected chi connectivity index (χ1v) is 5.93. The molecular formula is C13H18O4. The number of rotatable bonds is 7. The van der Waals surface area contributed by atoms with Crippen molar-refractivity contribution in [3.63, 3.8) is 0 Å². The van der Waals surface area contributed by atoms with Gasteiger partial charge in [-0.15, -0.1) is 0 Å². The van der Waals surface area contributed by atoms with Crippen molar-refractivity contribution in [3.8, 4) is 11.5 Å². The molecule has 17 heavy (non-hydrogen) atoms. The molecule has 2 rings (SSSR count). The molecule has 0 unspecified atom stereocenters. The molecule has 1 aromatic carbocycles. The van der Waals surface area contributed by atoms with Gasteiger partial charge in [0.05, 0.1) is 13.2 Å². The van der Waals surface area contributed by atoms with Crippen molar-refractivity contribution in [2.45, 2.75) is 18.9 Å². The molecule has 0 aromatic heterocycles. The lowest BCUT2D eigenvalue weighted by molar-refractivity contribution is 0.0524. The van der Waals surface area contributed by atoms with E-state index < -0.39 is 6.10 Å². The van der Waals surface area contributed by atoms with Gasteiger partial charge in [-0.25, -0.2) is 0 Å². The van der Waals surface area contributed by atoms with E-state index in [0.29, 0.717) is 17.4 Å². The number of para-hydroxylation sites is 2. The molecule has 1 aliphatic rings. The van der Waals surface area contributed by atoms with Crippen LogP contribution in [-0.2, 0) is 0 Å². The fourth-order valence-electron chi connectivity index (χ4n) is 1.42. The first-order valence-electron chi connectivity index (χ1n) is 5.93. The van der Waals surface area contributed by atoms with Gasteiger partial charge < -0.3 is 19.7 Å². The molecule has 2 N–H and O–H groups in total. The highest BCUT2D eigenvalue weighted by molar-refractivity contribution is 5.39. The summed E-state index contributed by atoms with van der Waals surface area (Å²) >= 11 is 0. The van der Waals surface area contributed by atoms with Crippen LogP contribution in [0.1, 0.15) is 12.8 Å². The molecular weight excluding hydrogens is 220 g/mol. The molecule has 4 nitrogen and oxygen atoms in total. The van der Waals surface area contributed by atoms with Crippen LogP contribution in [0.15, 0.2) is 24.3 Å². The maximum Gasteiger partial charge on any atom is 0.161 e. The number of hydrogen-bond acceptors (Lipinski definition) is 4. The second-order valence-electron chi connectivity index (χ2n) is 4.35. The van der Waals surface area contributed by atoms with Crippen LogP contribution in [0.2, 0.25) is 0 Å². The molecule has 1 aromatic rings. The van der Waals surface area contributed by atoms with Crippen LogP contribution in [0.25, 0.3) is 0 Å². The van der Waals surface area contributed by atoms with Gasteiger partial charge in [-0.05, 0) is 30.9 Å². The third-order valence-electron chi connectivity index (χ3n) is 2.66. The lowest BCUT2D eigenvalue weighted by Crippen LogP contribution is -2.21. The van der Waals surface area contributed by atoms with Gasteiger partial charge in [-0.1, -0.05) is 12.1 Å². The summed E-state index contributed by atoms with van der Waals surface area (Å²) < 4.78 is 11.1. The molecule has 1 saturated carbocycles. The fourth-order valence-corrected chi connectivity index (χ4v) is 1.42. The standard InChI is InChI=1S/C13H18O4/c14-7-11(15)9-17-13-4-2-1-3-12(13)16-8-10-5-6-10/h1-4,10-11,14-15H,5-9H2/t11-/m0/s1. The van der Waals surface area contributed by atoms with E-state index in [9.17, 15) is 5.11 Å². The molecule has 0 amide bonds. The highest BCUT2D eigenvalue weighted by atomic mass is 16.5. The molecule has 0 aliphatic heterocycles. The highest BCUT2D eigenvalue weighted by Gasteiger charge is 2.22. The fraction of sp³-hybridized carbons (Fsp3) is 0.538. The lowest BCUT2D eigenvalue weighted by Gasteiger charge is -2.14. The predicted octanol–water partition coefficient (Wildman–Crippen LogP) is 1.21. The number of ether oxygens (including phenoxy) is 2. The van der Waals surface area contributed by atoms with Crippen LogP contribution >= 0.6 is 0 Å². The van der Waals surface area contributed by atoms with E-state index in [0.717, 1.165) is 6.61 Å². The average molecular weight is 238 g/mol. The summed E-state index contributed by atoms with van der Waals surface area (Å²) in [5.41, 5.74) is 0. The summed E-state index contributed by atoms with van der Waals surface area (Å²) in [4.78, 5) is 0. The van der Waals surface area contributed by atoms with Crippen LogP contribution < -0.4 is 9.47 Å². The number of hydrogen-bond donors (Lipinski definition) is 2. The Bertz CT molecular complexity index is 349. The van der Waals surface area contributed by atoms with Gasteiger partial charge in [0.1, 0.15) is 12.7 Å². The molecule has 0 spiro atoms. The van der Waals surface area contributed by atoms with E-state index in [1.807, 2.05) is 18.2 Å². The molecule has 0 radical (unpaired) electrons. The van der Waals surface area contributed by atoms with Gasteiger partial charge in [-0.2, -0.15) is 0 Å². The Morgan fingerprint density at radius 3 is 2.41 bits per heavy atom. The molecule has 1 aliphatic carbocycles. The molecule has 0 saturated heterocycles. The average Bonchev–Trinajstić information content (AvgIpc) is 3.18. The minimum atomic E-state index is -0.855. The van der Waals surface area contributed by atoms with Gasteiger partial charge >= 0.3 is 0 Å². The van der Waals surface area contributed by atoms with Crippen molar-refractivity contribution >= 4 is 0 Å². The summed E-state index contributed by atoms with van der Waals surface area (Å²) in [5, 5.41) is 17.9. The monoisotopic (exact) mass is 238 g/mol. The van der Waals surface area contributed by atoms with E-state index in [1.54, 1.807) is 6.07 Å². The Morgan fingerprint density at radius 1 is 1.18 bits per heavy atom. The number of benzene rings is 1. The van der Waals surface area contributed by atoms with Crippen molar-refractivity contribution in [2.24, 2.45) is 5.92 Å². The maximum absolute atomic E-state index is 9.22. The summed E-state index contributed by atoms with van der Waals surface area (Å²) in [7, 11) is 0. The Balaban J connectivity index is 1.89. The predicted molar refractivity (Wildman–Crippen MR) is 63.2 cm³/mol. The first-order chi connectivity index (χ1) is 8.29. The van der Waals surface area contributed by atoms with Gasteiger partial charge in [0, 0.05) is 0 Å². The SMILES string of the molecule is OC[C@H](O)COc1ccccc1OCC1CC1. The van der Waals surface area contributed by atoms with Crippen molar-refractivity contribution in [3.05, 3.63) is 24.3 Å². The summed E-state index contributed by atoms with van der Waals surface area (Å²) in [5.74, 6) is 2.00. The van der Waals surface area contributed by atoms with Crippen molar-refractivity contribution in [2.75, 3.05) is 19.8 Å². The second kappa shape index (κ2) is 5.89. The van der Waals surface area contributed by atoms with E-state index in [4.69, 9.17) is 14.6 Å². The summed E-state index contributed by atoms with van der Waals surface area (Å²) in [6.45, 7) is 0.494. The van der Waals surface area contributed by atoms with E-state index in [-0.39, 0.29) is 13.2 Å². The van der Waals surface area contributed by atoms with Crippen LogP contribution in [0, 0.1) is 5.92 Å². The Hall–Kier alpha value is -1.26. The number of aliphatic hydroxyl groups excluding tert-OH is 2. The minimum absolute atomic E-state index is 0.0697. The zero-order valence-corrected chi connectivity index (χ0v) is 9.71. The van der Waals surface area contributed by atoms with Crippen molar-refractivity contribution in [1.29, 1.82) is 0 Å². The van der Waals surface area contributed by atoms with E-state index in [2.05, 4.69) is 0 Å². The minimum Gasteiger partial charge on any atom is -0.489 e. The molecule has 1 atom stereocenters. The van der Waals surface area contributed by atoms with E-state index >= 15 is 0 Å². The van der Waals surface area contributed by atoms with Gasteiger partial charge in [0.2, 0.25) is 0 Å². The summed E-state index contributed by atoms with van der Waals surface area (Å²) in [6.07, 6.45) is 1.63. The van der Waals surface area contributed by atoms with Crippen LogP contribution in [-0.4, -0.2) is 36.1 Å². The molecule has 0 heterocycles. The van der Waals surface area contributed by atoms with E-state index in [1.165, 1.54) is 12.8 Å². The smallest absolute Gasteiger partial charge is 0.161 e. The first kappa shape index (κ1) is 12.2. The zero-order valence-electron chi connectivity index (χ0n) is 9.71. The lowest BCUT2D eigenvalue weighted by atomic mass is 10.3. The topological polar surface area (TPSA) is 58.9 Å². The molecule has 0 bridgehead atoms. The van der Waals surface area contributed by atoms with Crippen LogP contribution in [0.4, 0.5) is 0 Å². The Morgan fingerprint density at radius 2 is 1.82 bits per heavy atom. The summed E-state index contributed by atoms with van der Waals surface area (Å²) in [6, 6.07) is 7.39. The highest BCUT2D eigenvalue weighted by Crippen LogP contribution is 2.32. The quantitative estimate of drug-likeness (QED) is 0.749. The Labute approximate surface area is 101 Å². The molecule has 4 heteroatoms. The molecule has 94 valence electrons. The largest absolute Gasteiger partial charge is 0.489 e. The van der Waals surface area contributed by atoms with Crippen LogP contribution in [0.5, 0.6) is 11.5 Å². The van der Waals surface area contributed by atoms with Crippen molar-refractivity contribution < 1.29 is 19.7 Å². The maximum atomic E-state index is 9.22. The zero-order chi connectivity index (χ0) is 12.1. The normalized spacial score (nSPS) is 16.6. The molecule has 1 fully saturated rings. The van der Waals surface area contributed by atoms with Gasteiger partial charge in [-0.3, -0.25) is 0 Å².